The lowest BCUT2D eigenvalue weighted by Gasteiger charge is -2.40. The number of alkyl halides is 3. The number of benzene rings is 2. The Morgan fingerprint density at radius 1 is 1.05 bits per heavy atom. The fraction of sp³-hybridized carbons (Fsp3) is 0.433. The van der Waals surface area contributed by atoms with Crippen LogP contribution in [-0.4, -0.2) is 56.6 Å². The van der Waals surface area contributed by atoms with Gasteiger partial charge in [-0.15, -0.1) is 0 Å². The number of carbonyl (C=O) groups excluding carboxylic acids is 1. The monoisotopic (exact) mass is 558 g/mol. The van der Waals surface area contributed by atoms with Crippen molar-refractivity contribution in [1.29, 1.82) is 0 Å². The Balaban J connectivity index is 1.47. The first-order valence-electron chi connectivity index (χ1n) is 13.3. The first-order valence-corrected chi connectivity index (χ1v) is 13.3. The topological polar surface area (TPSA) is 78.1 Å². The predicted molar refractivity (Wildman–Crippen MR) is 141 cm³/mol. The minimum Gasteiger partial charge on any atom is -0.421 e. The zero-order valence-corrected chi connectivity index (χ0v) is 22.2. The van der Waals surface area contributed by atoms with Crippen molar-refractivity contribution in [3.05, 3.63) is 95.6 Å². The van der Waals surface area contributed by atoms with Crippen LogP contribution >= 0.6 is 0 Å². The Hall–Kier alpha value is -3.02. The number of rotatable bonds is 8. The molecule has 4 unspecified atom stereocenters. The zero-order valence-electron chi connectivity index (χ0n) is 22.2. The van der Waals surface area contributed by atoms with Gasteiger partial charge in [0.2, 0.25) is 5.85 Å². The van der Waals surface area contributed by atoms with Crippen LogP contribution in [0.1, 0.15) is 36.9 Å². The molecule has 5 rings (SSSR count). The van der Waals surface area contributed by atoms with Gasteiger partial charge >= 0.3 is 12.1 Å². The summed E-state index contributed by atoms with van der Waals surface area (Å²) in [5.41, 5.74) is 0.709. The number of ether oxygens (including phenoxy) is 4. The summed E-state index contributed by atoms with van der Waals surface area (Å²) in [5.74, 6) is -4.33. The molecule has 2 aromatic rings. The second kappa shape index (κ2) is 11.5. The van der Waals surface area contributed by atoms with Crippen molar-refractivity contribution in [1.82, 2.24) is 10.6 Å². The minimum atomic E-state index is -5.20. The molecule has 40 heavy (non-hydrogen) atoms. The van der Waals surface area contributed by atoms with E-state index in [9.17, 15) is 18.0 Å². The van der Waals surface area contributed by atoms with Gasteiger partial charge in [0.25, 0.3) is 0 Å². The van der Waals surface area contributed by atoms with Gasteiger partial charge in [-0.05, 0) is 36.5 Å². The van der Waals surface area contributed by atoms with Crippen LogP contribution in [-0.2, 0) is 29.3 Å². The molecule has 2 aromatic carbocycles. The second-order valence-electron chi connectivity index (χ2n) is 10.4. The smallest absolute Gasteiger partial charge is 0.421 e. The highest BCUT2D eigenvalue weighted by Crippen LogP contribution is 2.43. The maximum Gasteiger partial charge on any atom is 0.491 e. The number of allylic oxidation sites excluding steroid dienone is 3. The molecule has 0 amide bonds. The van der Waals surface area contributed by atoms with Crippen LogP contribution < -0.4 is 10.6 Å². The van der Waals surface area contributed by atoms with Crippen molar-refractivity contribution in [3.63, 3.8) is 0 Å². The fourth-order valence-electron chi connectivity index (χ4n) is 5.65. The van der Waals surface area contributed by atoms with Gasteiger partial charge in [0.1, 0.15) is 12.2 Å². The molecule has 0 spiro atoms. The fourth-order valence-corrected chi connectivity index (χ4v) is 5.65. The molecule has 0 saturated carbocycles. The summed E-state index contributed by atoms with van der Waals surface area (Å²) in [4.78, 5) is 12.2. The third-order valence-electron chi connectivity index (χ3n) is 7.60. The first kappa shape index (κ1) is 28.5. The number of esters is 1. The molecular formula is C30H33F3N2O5. The van der Waals surface area contributed by atoms with Gasteiger partial charge < -0.3 is 18.9 Å². The van der Waals surface area contributed by atoms with Crippen LogP contribution in [0, 0.1) is 0 Å². The highest BCUT2D eigenvalue weighted by atomic mass is 19.4. The van der Waals surface area contributed by atoms with Crippen molar-refractivity contribution < 1.29 is 36.9 Å². The third-order valence-corrected chi connectivity index (χ3v) is 7.60. The lowest BCUT2D eigenvalue weighted by molar-refractivity contribution is -0.228. The van der Waals surface area contributed by atoms with E-state index in [-0.39, 0.29) is 13.2 Å². The molecule has 0 bridgehead atoms. The van der Waals surface area contributed by atoms with Gasteiger partial charge in [0, 0.05) is 0 Å². The van der Waals surface area contributed by atoms with Crippen LogP contribution in [0.5, 0.6) is 0 Å². The van der Waals surface area contributed by atoms with Gasteiger partial charge in [-0.2, -0.15) is 13.2 Å². The Bertz CT molecular complexity index is 1230. The second-order valence-corrected chi connectivity index (χ2v) is 10.4. The summed E-state index contributed by atoms with van der Waals surface area (Å²) in [7, 11) is 0. The highest BCUT2D eigenvalue weighted by molar-refractivity contribution is 5.76. The average molecular weight is 559 g/mol. The Morgan fingerprint density at radius 2 is 1.77 bits per heavy atom. The van der Waals surface area contributed by atoms with E-state index in [4.69, 9.17) is 18.9 Å². The number of hydrogen-bond donors (Lipinski definition) is 2. The normalized spacial score (nSPS) is 30.6. The van der Waals surface area contributed by atoms with E-state index in [0.717, 1.165) is 29.5 Å². The SMILES string of the molecule is CC1(c2ccccc2)NC(COCC2(C3=CC=CCC3)COCCO2)(OC(=O)C(F)(F)F)NC1c1ccccc1. The molecule has 4 atom stereocenters. The summed E-state index contributed by atoms with van der Waals surface area (Å²) in [6, 6.07) is 18.0. The largest absolute Gasteiger partial charge is 0.491 e. The van der Waals surface area contributed by atoms with E-state index < -0.39 is 41.8 Å². The van der Waals surface area contributed by atoms with Gasteiger partial charge in [-0.1, -0.05) is 78.9 Å². The number of nitrogens with one attached hydrogen (secondary N) is 2. The van der Waals surface area contributed by atoms with Crippen molar-refractivity contribution in [2.24, 2.45) is 0 Å². The molecule has 2 aliphatic heterocycles. The first-order chi connectivity index (χ1) is 19.2. The van der Waals surface area contributed by atoms with Gasteiger partial charge in [-0.25, -0.2) is 4.79 Å². The van der Waals surface area contributed by atoms with Crippen LogP contribution in [0.4, 0.5) is 13.2 Å². The standard InChI is InChI=1S/C30H33F3N2O5/c1-27(23-13-7-3-8-14-23)25(22-11-5-2-6-12-22)34-29(35-27,40-26(36)30(31,32)33)21-38-20-28(19-37-17-18-39-28)24-15-9-4-10-16-24/h2-9,11-15,25,34-35H,10,16-21H2,1H3. The molecule has 214 valence electrons. The highest BCUT2D eigenvalue weighted by Gasteiger charge is 2.58. The molecule has 1 aliphatic carbocycles. The Labute approximate surface area is 231 Å². The summed E-state index contributed by atoms with van der Waals surface area (Å²) in [6.45, 7) is 2.48. The number of hydrogen-bond acceptors (Lipinski definition) is 7. The maximum atomic E-state index is 13.5. The molecule has 7 nitrogen and oxygen atoms in total. The van der Waals surface area contributed by atoms with E-state index in [2.05, 4.69) is 10.6 Å². The predicted octanol–water partition coefficient (Wildman–Crippen LogP) is 4.67. The molecule has 2 saturated heterocycles. The van der Waals surface area contributed by atoms with Crippen LogP contribution in [0.25, 0.3) is 0 Å². The van der Waals surface area contributed by atoms with E-state index in [1.165, 1.54) is 0 Å². The minimum absolute atomic E-state index is 0.000589. The van der Waals surface area contributed by atoms with Crippen LogP contribution in [0.3, 0.4) is 0 Å². The molecule has 10 heteroatoms. The molecule has 0 aromatic heterocycles. The summed E-state index contributed by atoms with van der Waals surface area (Å²) in [5, 5.41) is 6.37. The van der Waals surface area contributed by atoms with Crippen molar-refractivity contribution in [2.45, 2.75) is 49.0 Å². The van der Waals surface area contributed by atoms with Crippen molar-refractivity contribution >= 4 is 5.97 Å². The summed E-state index contributed by atoms with van der Waals surface area (Å²) in [6.07, 6.45) is 2.34. The lowest BCUT2D eigenvalue weighted by Crippen LogP contribution is -2.60. The average Bonchev–Trinajstić information content (AvgIpc) is 3.27. The van der Waals surface area contributed by atoms with Gasteiger partial charge in [0.15, 0.2) is 0 Å². The third kappa shape index (κ3) is 5.87. The Morgan fingerprint density at radius 3 is 2.40 bits per heavy atom. The summed E-state index contributed by atoms with van der Waals surface area (Å²) >= 11 is 0. The maximum absolute atomic E-state index is 13.5. The van der Waals surface area contributed by atoms with Crippen molar-refractivity contribution in [2.75, 3.05) is 33.0 Å². The van der Waals surface area contributed by atoms with E-state index in [1.807, 2.05) is 85.8 Å². The van der Waals surface area contributed by atoms with Gasteiger partial charge in [-0.3, -0.25) is 10.6 Å². The molecule has 3 aliphatic rings. The zero-order chi connectivity index (χ0) is 28.3. The van der Waals surface area contributed by atoms with Crippen LogP contribution in [0.15, 0.2) is 84.5 Å². The summed E-state index contributed by atoms with van der Waals surface area (Å²) < 4.78 is 63.7. The molecular weight excluding hydrogens is 525 g/mol. The number of halogens is 3. The van der Waals surface area contributed by atoms with E-state index in [1.54, 1.807) is 0 Å². The quantitative estimate of drug-likeness (QED) is 0.456. The van der Waals surface area contributed by atoms with E-state index in [0.29, 0.717) is 13.2 Å². The van der Waals surface area contributed by atoms with Gasteiger partial charge in [0.05, 0.1) is 38.0 Å². The molecule has 2 heterocycles. The molecule has 2 N–H and O–H groups in total. The number of carbonyl (C=O) groups is 1. The molecule has 2 fully saturated rings. The van der Waals surface area contributed by atoms with Crippen molar-refractivity contribution in [3.8, 4) is 0 Å². The lowest BCUT2D eigenvalue weighted by atomic mass is 9.82. The Kier molecular flexibility index (Phi) is 8.17. The molecule has 0 radical (unpaired) electrons. The van der Waals surface area contributed by atoms with Crippen LogP contribution in [0.2, 0.25) is 0 Å². The van der Waals surface area contributed by atoms with E-state index >= 15 is 0 Å².